The predicted octanol–water partition coefficient (Wildman–Crippen LogP) is 3.97. The van der Waals surface area contributed by atoms with Crippen LogP contribution >= 0.6 is 0 Å². The van der Waals surface area contributed by atoms with Crippen molar-refractivity contribution >= 4 is 5.97 Å². The molecular weight excluding hydrogens is 368 g/mol. The topological polar surface area (TPSA) is 88.1 Å². The van der Waals surface area contributed by atoms with E-state index in [4.69, 9.17) is 5.26 Å². The lowest BCUT2D eigenvalue weighted by molar-refractivity contribution is -0.0791. The first-order valence-electron chi connectivity index (χ1n) is 8.24. The Kier molecular flexibility index (Phi) is 5.09. The number of aromatic hydroxyl groups is 1. The van der Waals surface area contributed by atoms with Crippen LogP contribution < -0.4 is 0 Å². The average Bonchev–Trinajstić information content (AvgIpc) is 2.95. The first kappa shape index (κ1) is 19.0. The molecule has 0 radical (unpaired) electrons. The molecule has 8 heteroatoms. The minimum Gasteiger partial charge on any atom is -0.507 e. The van der Waals surface area contributed by atoms with Gasteiger partial charge in [-0.3, -0.25) is 4.68 Å². The molecule has 0 unspecified atom stereocenters. The fraction of sp³-hybridized carbons (Fsp3) is 0.150. The Balaban J connectivity index is 1.98. The maximum atomic E-state index is 13.7. The highest BCUT2D eigenvalue weighted by Crippen LogP contribution is 2.31. The van der Waals surface area contributed by atoms with Crippen molar-refractivity contribution in [1.82, 2.24) is 9.78 Å². The molecule has 1 heterocycles. The Hall–Kier alpha value is -3.73. The maximum Gasteiger partial charge on any atom is 0.382 e. The van der Waals surface area contributed by atoms with Crippen LogP contribution in [0.5, 0.6) is 5.75 Å². The third kappa shape index (κ3) is 3.42. The number of nitrogens with zero attached hydrogens (tertiary/aromatic N) is 3. The number of aryl methyl sites for hydroxylation is 1. The first-order chi connectivity index (χ1) is 13.3. The Morgan fingerprint density at radius 2 is 2.04 bits per heavy atom. The second kappa shape index (κ2) is 7.48. The number of aromatic nitrogens is 2. The van der Waals surface area contributed by atoms with Gasteiger partial charge in [-0.1, -0.05) is 12.1 Å². The normalized spacial score (nSPS) is 10.5. The van der Waals surface area contributed by atoms with Crippen LogP contribution in [0.15, 0.2) is 36.4 Å². The lowest BCUT2D eigenvalue weighted by atomic mass is 10.0. The Labute approximate surface area is 159 Å². The Morgan fingerprint density at radius 3 is 2.68 bits per heavy atom. The number of halogens is 2. The Bertz CT molecular complexity index is 1120. The second-order valence-corrected chi connectivity index (χ2v) is 6.23. The summed E-state index contributed by atoms with van der Waals surface area (Å²) < 4.78 is 27.5. The zero-order valence-corrected chi connectivity index (χ0v) is 15.0. The van der Waals surface area contributed by atoms with E-state index in [2.05, 4.69) is 10.0 Å². The number of phenols is 1. The Morgan fingerprint density at radius 1 is 1.29 bits per heavy atom. The highest BCUT2D eigenvalue weighted by atomic mass is 19.3. The second-order valence-electron chi connectivity index (χ2n) is 6.23. The van der Waals surface area contributed by atoms with Crippen LogP contribution in [0.4, 0.5) is 8.92 Å². The molecule has 0 amide bonds. The van der Waals surface area contributed by atoms with Gasteiger partial charge < -0.3 is 5.11 Å². The van der Waals surface area contributed by atoms with Gasteiger partial charge in [0.05, 0.1) is 23.4 Å². The van der Waals surface area contributed by atoms with Crippen molar-refractivity contribution in [3.05, 3.63) is 70.3 Å². The average molecular weight is 383 g/mol. The van der Waals surface area contributed by atoms with Crippen LogP contribution in [-0.4, -0.2) is 20.9 Å². The van der Waals surface area contributed by atoms with Gasteiger partial charge in [0.2, 0.25) is 0 Å². The van der Waals surface area contributed by atoms with E-state index >= 15 is 0 Å². The standard InChI is InChI=1S/C20H15F2N3O3/c1-11-19(14-4-5-15(9-23)18(26)8-14)12(2)25(24-11)10-13-3-6-17(21)16(7-13)20(27)28-22/h3-8,26H,10H2,1-2H3. The molecule has 1 aromatic heterocycles. The third-order valence-electron chi connectivity index (χ3n) is 4.44. The summed E-state index contributed by atoms with van der Waals surface area (Å²) in [5.41, 5.74) is 3.13. The van der Waals surface area contributed by atoms with Gasteiger partial charge in [-0.15, -0.1) is 0 Å². The van der Waals surface area contributed by atoms with Crippen LogP contribution in [0.25, 0.3) is 11.1 Å². The van der Waals surface area contributed by atoms with Crippen molar-refractivity contribution in [3.63, 3.8) is 0 Å². The molecule has 0 atom stereocenters. The summed E-state index contributed by atoms with van der Waals surface area (Å²) >= 11 is 0. The molecule has 0 saturated heterocycles. The van der Waals surface area contributed by atoms with Crippen molar-refractivity contribution in [1.29, 1.82) is 5.26 Å². The summed E-state index contributed by atoms with van der Waals surface area (Å²) in [5, 5.41) is 23.4. The number of carbonyl (C=O) groups excluding carboxylic acids is 1. The fourth-order valence-electron chi connectivity index (χ4n) is 3.09. The number of hydrogen-bond acceptors (Lipinski definition) is 5. The highest BCUT2D eigenvalue weighted by Gasteiger charge is 2.18. The number of rotatable bonds is 4. The van der Waals surface area contributed by atoms with E-state index in [-0.39, 0.29) is 17.9 Å². The lowest BCUT2D eigenvalue weighted by Gasteiger charge is -2.08. The van der Waals surface area contributed by atoms with Crippen LogP contribution in [0.2, 0.25) is 0 Å². The zero-order valence-electron chi connectivity index (χ0n) is 15.0. The van der Waals surface area contributed by atoms with Gasteiger partial charge in [-0.25, -0.2) is 14.1 Å². The summed E-state index contributed by atoms with van der Waals surface area (Å²) in [6, 6.07) is 10.4. The molecule has 2 aromatic carbocycles. The molecule has 6 nitrogen and oxygen atoms in total. The molecule has 0 aliphatic rings. The molecule has 3 rings (SSSR count). The molecule has 0 spiro atoms. The van der Waals surface area contributed by atoms with Gasteiger partial charge in [0.25, 0.3) is 0 Å². The molecule has 142 valence electrons. The van der Waals surface area contributed by atoms with E-state index in [0.717, 1.165) is 17.3 Å². The van der Waals surface area contributed by atoms with E-state index in [1.165, 1.54) is 24.3 Å². The number of carbonyl (C=O) groups is 1. The minimum absolute atomic E-state index is 0.125. The van der Waals surface area contributed by atoms with E-state index in [1.807, 2.05) is 13.0 Å². The predicted molar refractivity (Wildman–Crippen MR) is 95.5 cm³/mol. The third-order valence-corrected chi connectivity index (χ3v) is 4.44. The largest absolute Gasteiger partial charge is 0.507 e. The summed E-state index contributed by atoms with van der Waals surface area (Å²) in [5.74, 6) is -2.41. The zero-order chi connectivity index (χ0) is 20.4. The monoisotopic (exact) mass is 383 g/mol. The smallest absolute Gasteiger partial charge is 0.382 e. The van der Waals surface area contributed by atoms with Crippen LogP contribution in [-0.2, 0) is 11.5 Å². The number of nitriles is 1. The van der Waals surface area contributed by atoms with Gasteiger partial charge >= 0.3 is 5.97 Å². The van der Waals surface area contributed by atoms with Gasteiger partial charge in [-0.05, 0) is 49.2 Å². The minimum atomic E-state index is -1.40. The molecule has 0 aliphatic carbocycles. The summed E-state index contributed by atoms with van der Waals surface area (Å²) in [6.07, 6.45) is 0. The summed E-state index contributed by atoms with van der Waals surface area (Å²) in [6.45, 7) is 3.83. The van der Waals surface area contributed by atoms with Crippen molar-refractivity contribution < 1.29 is 23.8 Å². The number of hydrogen-bond donors (Lipinski definition) is 1. The van der Waals surface area contributed by atoms with E-state index in [1.54, 1.807) is 17.7 Å². The van der Waals surface area contributed by atoms with Gasteiger partial charge in [-0.2, -0.15) is 10.4 Å². The lowest BCUT2D eigenvalue weighted by Crippen LogP contribution is -2.08. The molecule has 1 N–H and O–H groups in total. The highest BCUT2D eigenvalue weighted by molar-refractivity contribution is 5.89. The van der Waals surface area contributed by atoms with Gasteiger partial charge in [0, 0.05) is 15.8 Å². The van der Waals surface area contributed by atoms with Crippen molar-refractivity contribution in [2.75, 3.05) is 0 Å². The molecule has 3 aromatic rings. The van der Waals surface area contributed by atoms with Gasteiger partial charge in [0.15, 0.2) is 0 Å². The molecule has 0 fully saturated rings. The first-order valence-corrected chi connectivity index (χ1v) is 8.24. The fourth-order valence-corrected chi connectivity index (χ4v) is 3.09. The van der Waals surface area contributed by atoms with Crippen LogP contribution in [0.3, 0.4) is 0 Å². The number of benzene rings is 2. The quantitative estimate of drug-likeness (QED) is 0.736. The van der Waals surface area contributed by atoms with Crippen LogP contribution in [0.1, 0.15) is 32.9 Å². The summed E-state index contributed by atoms with van der Waals surface area (Å²) in [7, 11) is 0. The van der Waals surface area contributed by atoms with Crippen molar-refractivity contribution in [3.8, 4) is 22.9 Å². The van der Waals surface area contributed by atoms with Crippen LogP contribution in [0, 0.1) is 31.0 Å². The molecule has 28 heavy (non-hydrogen) atoms. The SMILES string of the molecule is Cc1nn(Cc2ccc(F)c(C(=O)OF)c2)c(C)c1-c1ccc(C#N)c(O)c1. The number of phenolic OH excluding ortho intramolecular Hbond substituents is 1. The van der Waals surface area contributed by atoms with Gasteiger partial charge in [0.1, 0.15) is 17.6 Å². The molecule has 0 aliphatic heterocycles. The molecule has 0 saturated carbocycles. The van der Waals surface area contributed by atoms with E-state index < -0.39 is 17.3 Å². The van der Waals surface area contributed by atoms with E-state index in [9.17, 15) is 18.8 Å². The molecule has 0 bridgehead atoms. The maximum absolute atomic E-state index is 13.7. The van der Waals surface area contributed by atoms with E-state index in [0.29, 0.717) is 16.8 Å². The molecular formula is C20H15F2N3O3. The van der Waals surface area contributed by atoms with Crippen molar-refractivity contribution in [2.45, 2.75) is 20.4 Å². The van der Waals surface area contributed by atoms with Crippen molar-refractivity contribution in [2.24, 2.45) is 0 Å². The summed E-state index contributed by atoms with van der Waals surface area (Å²) in [4.78, 5) is 14.4.